The van der Waals surface area contributed by atoms with Crippen LogP contribution in [0.15, 0.2) is 67.0 Å². The molecule has 0 aliphatic carbocycles. The summed E-state index contributed by atoms with van der Waals surface area (Å²) in [5, 5.41) is 0. The Hall–Kier alpha value is -3.15. The van der Waals surface area contributed by atoms with Crippen LogP contribution in [0.25, 0.3) is 0 Å². The van der Waals surface area contributed by atoms with E-state index in [1.165, 1.54) is 17.7 Å². The highest BCUT2D eigenvalue weighted by Gasteiger charge is 2.19. The fourth-order valence-electron chi connectivity index (χ4n) is 3.50. The standard InChI is InChI=1S/C22H24FN5/c1-26(16-18-5-3-2-4-6-18)21-15-22(25-17-24-21)28-13-11-27(12-14-28)20-9-7-19(23)8-10-20/h2-10,15,17H,11-14,16H2,1H3. The molecule has 2 aromatic carbocycles. The van der Waals surface area contributed by atoms with E-state index in [0.29, 0.717) is 0 Å². The van der Waals surface area contributed by atoms with E-state index in [2.05, 4.69) is 55.0 Å². The zero-order chi connectivity index (χ0) is 19.3. The summed E-state index contributed by atoms with van der Waals surface area (Å²) in [5.74, 6) is 1.66. The van der Waals surface area contributed by atoms with Crippen LogP contribution in [0.1, 0.15) is 5.56 Å². The molecule has 4 rings (SSSR count). The second kappa shape index (κ2) is 8.25. The number of anilines is 3. The highest BCUT2D eigenvalue weighted by Crippen LogP contribution is 2.22. The molecule has 0 unspecified atom stereocenters. The fraction of sp³-hybridized carbons (Fsp3) is 0.273. The molecule has 1 aliphatic rings. The maximum absolute atomic E-state index is 13.1. The molecular weight excluding hydrogens is 353 g/mol. The van der Waals surface area contributed by atoms with Crippen LogP contribution in [0.3, 0.4) is 0 Å². The Morgan fingerprint density at radius 1 is 0.893 bits per heavy atom. The molecule has 0 atom stereocenters. The van der Waals surface area contributed by atoms with Crippen molar-refractivity contribution in [3.63, 3.8) is 0 Å². The zero-order valence-electron chi connectivity index (χ0n) is 16.0. The normalized spacial score (nSPS) is 14.2. The van der Waals surface area contributed by atoms with E-state index >= 15 is 0 Å². The van der Waals surface area contributed by atoms with Gasteiger partial charge in [0, 0.05) is 51.5 Å². The summed E-state index contributed by atoms with van der Waals surface area (Å²) < 4.78 is 13.1. The Kier molecular flexibility index (Phi) is 5.37. The van der Waals surface area contributed by atoms with Gasteiger partial charge in [-0.15, -0.1) is 0 Å². The van der Waals surface area contributed by atoms with Crippen molar-refractivity contribution in [2.45, 2.75) is 6.54 Å². The van der Waals surface area contributed by atoms with Gasteiger partial charge in [0.05, 0.1) is 0 Å². The third-order valence-corrected chi connectivity index (χ3v) is 5.09. The van der Waals surface area contributed by atoms with Gasteiger partial charge in [0.1, 0.15) is 23.8 Å². The second-order valence-corrected chi connectivity index (χ2v) is 7.03. The first-order chi connectivity index (χ1) is 13.7. The monoisotopic (exact) mass is 377 g/mol. The summed E-state index contributed by atoms with van der Waals surface area (Å²) in [6.45, 7) is 4.30. The average Bonchev–Trinajstić information content (AvgIpc) is 2.75. The summed E-state index contributed by atoms with van der Waals surface area (Å²) in [7, 11) is 2.05. The van der Waals surface area contributed by atoms with Gasteiger partial charge >= 0.3 is 0 Å². The molecule has 28 heavy (non-hydrogen) atoms. The first kappa shape index (κ1) is 18.2. The zero-order valence-corrected chi connectivity index (χ0v) is 16.0. The molecule has 5 nitrogen and oxygen atoms in total. The summed E-state index contributed by atoms with van der Waals surface area (Å²) >= 11 is 0. The molecule has 2 heterocycles. The molecule has 6 heteroatoms. The van der Waals surface area contributed by atoms with Gasteiger partial charge in [0.2, 0.25) is 0 Å². The van der Waals surface area contributed by atoms with Crippen LogP contribution < -0.4 is 14.7 Å². The van der Waals surface area contributed by atoms with Gasteiger partial charge in [-0.2, -0.15) is 0 Å². The molecule has 144 valence electrons. The van der Waals surface area contributed by atoms with Crippen LogP contribution >= 0.6 is 0 Å². The van der Waals surface area contributed by atoms with Crippen molar-refractivity contribution in [3.8, 4) is 0 Å². The van der Waals surface area contributed by atoms with E-state index in [1.807, 2.05) is 25.2 Å². The Morgan fingerprint density at radius 2 is 1.57 bits per heavy atom. The fourth-order valence-corrected chi connectivity index (χ4v) is 3.50. The van der Waals surface area contributed by atoms with E-state index in [0.717, 1.165) is 50.0 Å². The molecule has 1 fully saturated rings. The molecule has 0 amide bonds. The van der Waals surface area contributed by atoms with Crippen molar-refractivity contribution in [2.24, 2.45) is 0 Å². The summed E-state index contributed by atoms with van der Waals surface area (Å²) in [4.78, 5) is 15.6. The maximum atomic E-state index is 13.1. The van der Waals surface area contributed by atoms with Crippen LogP contribution in [0.5, 0.6) is 0 Å². The molecule has 0 N–H and O–H groups in total. The summed E-state index contributed by atoms with van der Waals surface area (Å²) in [6, 6.07) is 19.1. The molecular formula is C22H24FN5. The number of aromatic nitrogens is 2. The maximum Gasteiger partial charge on any atom is 0.134 e. The highest BCUT2D eigenvalue weighted by atomic mass is 19.1. The van der Waals surface area contributed by atoms with Crippen molar-refractivity contribution < 1.29 is 4.39 Å². The molecule has 0 saturated carbocycles. The van der Waals surface area contributed by atoms with Gasteiger partial charge in [-0.25, -0.2) is 14.4 Å². The van der Waals surface area contributed by atoms with E-state index in [-0.39, 0.29) is 5.82 Å². The lowest BCUT2D eigenvalue weighted by Crippen LogP contribution is -2.46. The number of benzene rings is 2. The molecule has 0 spiro atoms. The lowest BCUT2D eigenvalue weighted by Gasteiger charge is -2.37. The lowest BCUT2D eigenvalue weighted by molar-refractivity contribution is 0.624. The third kappa shape index (κ3) is 4.22. The number of nitrogens with zero attached hydrogens (tertiary/aromatic N) is 5. The molecule has 1 aromatic heterocycles. The largest absolute Gasteiger partial charge is 0.368 e. The smallest absolute Gasteiger partial charge is 0.134 e. The summed E-state index contributed by atoms with van der Waals surface area (Å²) in [5.41, 5.74) is 2.31. The van der Waals surface area contributed by atoms with Gasteiger partial charge in [-0.3, -0.25) is 0 Å². The first-order valence-corrected chi connectivity index (χ1v) is 9.51. The Balaban J connectivity index is 1.40. The Morgan fingerprint density at radius 3 is 2.29 bits per heavy atom. The second-order valence-electron chi connectivity index (χ2n) is 7.03. The van der Waals surface area contributed by atoms with Crippen molar-refractivity contribution in [2.75, 3.05) is 47.9 Å². The minimum absolute atomic E-state index is 0.199. The third-order valence-electron chi connectivity index (χ3n) is 5.09. The molecule has 1 saturated heterocycles. The van der Waals surface area contributed by atoms with Crippen molar-refractivity contribution in [1.29, 1.82) is 0 Å². The minimum atomic E-state index is -0.199. The van der Waals surface area contributed by atoms with Gasteiger partial charge in [-0.1, -0.05) is 30.3 Å². The minimum Gasteiger partial charge on any atom is -0.368 e. The SMILES string of the molecule is CN(Cc1ccccc1)c1cc(N2CCN(c3ccc(F)cc3)CC2)ncn1. The number of rotatable bonds is 5. The molecule has 0 radical (unpaired) electrons. The van der Waals surface area contributed by atoms with Gasteiger partial charge in [-0.05, 0) is 29.8 Å². The molecule has 0 bridgehead atoms. The van der Waals surface area contributed by atoms with E-state index in [9.17, 15) is 4.39 Å². The van der Waals surface area contributed by atoms with Crippen LogP contribution in [-0.2, 0) is 6.54 Å². The number of halogens is 1. The predicted octanol–water partition coefficient (Wildman–Crippen LogP) is 3.58. The predicted molar refractivity (Wildman–Crippen MR) is 111 cm³/mol. The van der Waals surface area contributed by atoms with E-state index in [1.54, 1.807) is 6.33 Å². The molecule has 3 aromatic rings. The lowest BCUT2D eigenvalue weighted by atomic mass is 10.2. The van der Waals surface area contributed by atoms with Gasteiger partial charge in [0.15, 0.2) is 0 Å². The van der Waals surface area contributed by atoms with Crippen LogP contribution in [-0.4, -0.2) is 43.2 Å². The summed E-state index contributed by atoms with van der Waals surface area (Å²) in [6.07, 6.45) is 1.64. The Labute approximate surface area is 165 Å². The van der Waals surface area contributed by atoms with E-state index in [4.69, 9.17) is 0 Å². The molecule has 1 aliphatic heterocycles. The van der Waals surface area contributed by atoms with E-state index < -0.39 is 0 Å². The van der Waals surface area contributed by atoms with Crippen molar-refractivity contribution in [3.05, 3.63) is 78.4 Å². The average molecular weight is 377 g/mol. The topological polar surface area (TPSA) is 35.5 Å². The number of piperazine rings is 1. The number of hydrogen-bond donors (Lipinski definition) is 0. The highest BCUT2D eigenvalue weighted by molar-refractivity contribution is 5.53. The first-order valence-electron chi connectivity index (χ1n) is 9.51. The van der Waals surface area contributed by atoms with Gasteiger partial charge in [0.25, 0.3) is 0 Å². The Bertz CT molecular complexity index is 892. The van der Waals surface area contributed by atoms with Crippen molar-refractivity contribution >= 4 is 17.3 Å². The number of hydrogen-bond acceptors (Lipinski definition) is 5. The van der Waals surface area contributed by atoms with Crippen molar-refractivity contribution in [1.82, 2.24) is 9.97 Å². The van der Waals surface area contributed by atoms with Gasteiger partial charge < -0.3 is 14.7 Å². The van der Waals surface area contributed by atoms with Crippen LogP contribution in [0, 0.1) is 5.82 Å². The van der Waals surface area contributed by atoms with Crippen LogP contribution in [0.4, 0.5) is 21.7 Å². The van der Waals surface area contributed by atoms with Crippen LogP contribution in [0.2, 0.25) is 0 Å². The quantitative estimate of drug-likeness (QED) is 0.679.